The molecule has 8 aromatic rings. The van der Waals surface area contributed by atoms with Crippen molar-refractivity contribution in [1.29, 1.82) is 0 Å². The van der Waals surface area contributed by atoms with Crippen LogP contribution in [0.2, 0.25) is 0 Å². The van der Waals surface area contributed by atoms with Gasteiger partial charge in [-0.05, 0) is 153 Å². The van der Waals surface area contributed by atoms with Crippen molar-refractivity contribution in [3.05, 3.63) is 198 Å². The molecular formula is C57H49N. The van der Waals surface area contributed by atoms with E-state index in [9.17, 15) is 0 Å². The molecule has 58 heavy (non-hydrogen) atoms. The first-order valence-corrected chi connectivity index (χ1v) is 21.7. The fourth-order valence-electron chi connectivity index (χ4n) is 13.0. The minimum atomic E-state index is -0.0460. The molecule has 1 spiro atoms. The van der Waals surface area contributed by atoms with E-state index in [1.54, 1.807) is 22.3 Å². The van der Waals surface area contributed by atoms with Crippen LogP contribution in [0.25, 0.3) is 43.8 Å². The van der Waals surface area contributed by atoms with Crippen LogP contribution in [-0.4, -0.2) is 0 Å². The quantitative estimate of drug-likeness (QED) is 0.169. The predicted molar refractivity (Wildman–Crippen MR) is 243 cm³/mol. The summed E-state index contributed by atoms with van der Waals surface area (Å²) in [6, 6.07) is 66.6. The first-order valence-electron chi connectivity index (χ1n) is 21.7. The van der Waals surface area contributed by atoms with Crippen LogP contribution in [0.1, 0.15) is 68.2 Å². The Morgan fingerprint density at radius 2 is 0.983 bits per heavy atom. The fraction of sp³-hybridized carbons (Fsp3) is 0.228. The molecule has 0 amide bonds. The Kier molecular flexibility index (Phi) is 7.53. The number of nitrogens with zero attached hydrogens (tertiary/aromatic N) is 1. The van der Waals surface area contributed by atoms with Crippen LogP contribution in [0, 0.1) is 23.7 Å². The second-order valence-corrected chi connectivity index (χ2v) is 18.6. The molecule has 0 unspecified atom stereocenters. The van der Waals surface area contributed by atoms with E-state index in [1.807, 2.05) is 0 Å². The van der Waals surface area contributed by atoms with E-state index in [0.29, 0.717) is 0 Å². The Morgan fingerprint density at radius 3 is 1.74 bits per heavy atom. The normalized spacial score (nSPS) is 23.6. The molecule has 5 aliphatic carbocycles. The van der Waals surface area contributed by atoms with E-state index in [0.717, 1.165) is 29.4 Å². The highest BCUT2D eigenvalue weighted by Crippen LogP contribution is 2.68. The van der Waals surface area contributed by atoms with Crippen molar-refractivity contribution in [2.75, 3.05) is 4.90 Å². The summed E-state index contributed by atoms with van der Waals surface area (Å²) in [5.74, 6) is 3.28. The lowest BCUT2D eigenvalue weighted by atomic mass is 9.39. The van der Waals surface area contributed by atoms with Gasteiger partial charge in [0.1, 0.15) is 0 Å². The molecule has 13 rings (SSSR count). The molecular weight excluding hydrogens is 699 g/mol. The molecule has 0 radical (unpaired) electrons. The van der Waals surface area contributed by atoms with E-state index in [-0.39, 0.29) is 10.8 Å². The van der Waals surface area contributed by atoms with Gasteiger partial charge in [-0.2, -0.15) is 0 Å². The average Bonchev–Trinajstić information content (AvgIpc) is 3.26. The summed E-state index contributed by atoms with van der Waals surface area (Å²) in [6.45, 7) is 4.95. The molecule has 0 N–H and O–H groups in total. The van der Waals surface area contributed by atoms with Crippen LogP contribution >= 0.6 is 0 Å². The molecule has 282 valence electrons. The maximum atomic E-state index is 2.66. The Labute approximate surface area is 343 Å². The maximum absolute atomic E-state index is 2.66. The molecule has 4 fully saturated rings. The molecule has 4 bridgehead atoms. The summed E-state index contributed by atoms with van der Waals surface area (Å²) < 4.78 is 0. The molecule has 0 aliphatic heterocycles. The largest absolute Gasteiger partial charge is 0.310 e. The number of benzene rings is 8. The number of rotatable bonds is 5. The van der Waals surface area contributed by atoms with Gasteiger partial charge in [0.05, 0.1) is 5.69 Å². The van der Waals surface area contributed by atoms with Crippen molar-refractivity contribution in [1.82, 2.24) is 0 Å². The molecule has 1 heteroatoms. The van der Waals surface area contributed by atoms with E-state index in [4.69, 9.17) is 0 Å². The lowest BCUT2D eigenvalue weighted by Crippen LogP contribution is -2.58. The van der Waals surface area contributed by atoms with Crippen LogP contribution in [0.5, 0.6) is 0 Å². The molecule has 0 aromatic heterocycles. The van der Waals surface area contributed by atoms with Gasteiger partial charge in [-0.1, -0.05) is 153 Å². The molecule has 0 saturated heterocycles. The van der Waals surface area contributed by atoms with Gasteiger partial charge in [0.15, 0.2) is 0 Å². The van der Waals surface area contributed by atoms with Gasteiger partial charge in [-0.15, -0.1) is 0 Å². The van der Waals surface area contributed by atoms with Crippen molar-refractivity contribution in [3.63, 3.8) is 0 Å². The van der Waals surface area contributed by atoms with E-state index < -0.39 is 0 Å². The van der Waals surface area contributed by atoms with E-state index in [1.165, 1.54) is 87.3 Å². The standard InChI is InChI=1S/C57H49N/c1-56(2)51-21-7-8-22-53(51)57(44-31-37-30-38(33-44)34-45(57)32-37)54-36-43(26-29-52(54)56)42-16-9-17-47(35-42)58(55-23-11-15-40-13-4-6-19-50(40)55)46-27-24-41(25-28-46)49-20-10-14-39-12-3-5-18-48(39)49/h3-29,35-38,44-45H,30-34H2,1-2H3. The van der Waals surface area contributed by atoms with Gasteiger partial charge in [0.2, 0.25) is 0 Å². The molecule has 8 aromatic carbocycles. The topological polar surface area (TPSA) is 3.24 Å². The summed E-state index contributed by atoms with van der Waals surface area (Å²) in [4.78, 5) is 2.47. The predicted octanol–water partition coefficient (Wildman–Crippen LogP) is 15.2. The van der Waals surface area contributed by atoms with Gasteiger partial charge < -0.3 is 4.90 Å². The smallest absolute Gasteiger partial charge is 0.0540 e. The monoisotopic (exact) mass is 747 g/mol. The minimum Gasteiger partial charge on any atom is -0.310 e. The Balaban J connectivity index is 1.01. The Morgan fingerprint density at radius 1 is 0.414 bits per heavy atom. The molecule has 4 saturated carbocycles. The lowest BCUT2D eigenvalue weighted by Gasteiger charge is -2.64. The van der Waals surface area contributed by atoms with Crippen molar-refractivity contribution in [3.8, 4) is 22.3 Å². The van der Waals surface area contributed by atoms with Gasteiger partial charge in [-0.3, -0.25) is 0 Å². The van der Waals surface area contributed by atoms with Crippen LogP contribution in [-0.2, 0) is 10.8 Å². The summed E-state index contributed by atoms with van der Waals surface area (Å²) in [5, 5.41) is 5.03. The number of anilines is 3. The van der Waals surface area contributed by atoms with Crippen LogP contribution in [0.4, 0.5) is 17.1 Å². The second kappa shape index (κ2) is 12.8. The van der Waals surface area contributed by atoms with Crippen LogP contribution in [0.15, 0.2) is 176 Å². The Hall–Kier alpha value is -5.92. The summed E-state index contributed by atoms with van der Waals surface area (Å²) in [7, 11) is 0. The Bertz CT molecular complexity index is 2860. The minimum absolute atomic E-state index is 0.0460. The highest BCUT2D eigenvalue weighted by Gasteiger charge is 2.62. The van der Waals surface area contributed by atoms with Crippen molar-refractivity contribution in [2.45, 2.75) is 56.8 Å². The van der Waals surface area contributed by atoms with Crippen molar-refractivity contribution in [2.24, 2.45) is 23.7 Å². The molecule has 0 heterocycles. The second-order valence-electron chi connectivity index (χ2n) is 18.6. The first kappa shape index (κ1) is 34.1. The SMILES string of the molecule is CC1(C)c2ccccc2C2(c3cc(-c4cccc(N(c5ccc(-c6cccc7ccccc67)cc5)c5cccc6ccccc56)c4)ccc31)C1CC3CC(C1)CC2C3. The third-order valence-corrected chi connectivity index (χ3v) is 15.3. The number of fused-ring (bicyclic) bond motifs is 4. The number of hydrogen-bond donors (Lipinski definition) is 0. The summed E-state index contributed by atoms with van der Waals surface area (Å²) >= 11 is 0. The fourth-order valence-corrected chi connectivity index (χ4v) is 13.0. The van der Waals surface area contributed by atoms with Crippen molar-refractivity contribution >= 4 is 38.6 Å². The van der Waals surface area contributed by atoms with Crippen molar-refractivity contribution < 1.29 is 0 Å². The van der Waals surface area contributed by atoms with Gasteiger partial charge in [-0.25, -0.2) is 0 Å². The first-order chi connectivity index (χ1) is 28.5. The molecule has 0 atom stereocenters. The zero-order valence-electron chi connectivity index (χ0n) is 33.5. The van der Waals surface area contributed by atoms with Gasteiger partial charge >= 0.3 is 0 Å². The summed E-state index contributed by atoms with van der Waals surface area (Å²) in [6.07, 6.45) is 7.02. The zero-order chi connectivity index (χ0) is 38.6. The van der Waals surface area contributed by atoms with E-state index in [2.05, 4.69) is 195 Å². The zero-order valence-corrected chi connectivity index (χ0v) is 33.5. The third kappa shape index (κ3) is 4.95. The van der Waals surface area contributed by atoms with E-state index >= 15 is 0 Å². The average molecular weight is 748 g/mol. The lowest BCUT2D eigenvalue weighted by molar-refractivity contribution is -0.0443. The highest BCUT2D eigenvalue weighted by molar-refractivity contribution is 6.00. The van der Waals surface area contributed by atoms with Gasteiger partial charge in [0, 0.05) is 27.6 Å². The molecule has 1 nitrogen and oxygen atoms in total. The van der Waals surface area contributed by atoms with Gasteiger partial charge in [0.25, 0.3) is 0 Å². The highest BCUT2D eigenvalue weighted by atomic mass is 15.1. The maximum Gasteiger partial charge on any atom is 0.0540 e. The molecule has 5 aliphatic rings. The van der Waals surface area contributed by atoms with Crippen LogP contribution in [0.3, 0.4) is 0 Å². The third-order valence-electron chi connectivity index (χ3n) is 15.3. The number of hydrogen-bond acceptors (Lipinski definition) is 1. The van der Waals surface area contributed by atoms with Crippen LogP contribution < -0.4 is 4.90 Å². The summed E-state index contributed by atoms with van der Waals surface area (Å²) in [5.41, 5.74) is 15.0.